The van der Waals surface area contributed by atoms with Crippen molar-refractivity contribution in [2.24, 2.45) is 0 Å². The number of nitrogens with zero attached hydrogens (tertiary/aromatic N) is 2. The highest BCUT2D eigenvalue weighted by atomic mass is 35.5. The van der Waals surface area contributed by atoms with Gasteiger partial charge in [-0.15, -0.1) is 0 Å². The van der Waals surface area contributed by atoms with E-state index in [2.05, 4.69) is 15.3 Å². The highest BCUT2D eigenvalue weighted by Crippen LogP contribution is 2.16. The standard InChI is InChI=1S/C7H10ClN3O/c1-5(3-12)11-7-6(8)2-9-4-10-7/h2,4-5,12H,3H2,1H3,(H,9,10,11). The van der Waals surface area contributed by atoms with Gasteiger partial charge in [-0.05, 0) is 6.92 Å². The lowest BCUT2D eigenvalue weighted by Gasteiger charge is -2.11. The Morgan fingerprint density at radius 3 is 3.08 bits per heavy atom. The highest BCUT2D eigenvalue weighted by molar-refractivity contribution is 6.32. The molecule has 0 fully saturated rings. The van der Waals surface area contributed by atoms with Crippen molar-refractivity contribution in [3.63, 3.8) is 0 Å². The normalized spacial score (nSPS) is 12.6. The zero-order valence-corrected chi connectivity index (χ0v) is 7.41. The molecule has 4 nitrogen and oxygen atoms in total. The van der Waals surface area contributed by atoms with Gasteiger partial charge in [0.2, 0.25) is 0 Å². The van der Waals surface area contributed by atoms with Crippen LogP contribution in [0.4, 0.5) is 5.82 Å². The first-order chi connectivity index (χ1) is 5.74. The number of nitrogens with one attached hydrogen (secondary N) is 1. The summed E-state index contributed by atoms with van der Waals surface area (Å²) in [7, 11) is 0. The van der Waals surface area contributed by atoms with Gasteiger partial charge in [0.25, 0.3) is 0 Å². The minimum atomic E-state index is -0.0580. The van der Waals surface area contributed by atoms with Crippen LogP contribution in [0.2, 0.25) is 5.02 Å². The Balaban J connectivity index is 2.69. The molecule has 66 valence electrons. The van der Waals surface area contributed by atoms with E-state index in [0.29, 0.717) is 10.8 Å². The summed E-state index contributed by atoms with van der Waals surface area (Å²) in [6, 6.07) is -0.0580. The average Bonchev–Trinajstić information content (AvgIpc) is 2.09. The smallest absolute Gasteiger partial charge is 0.148 e. The highest BCUT2D eigenvalue weighted by Gasteiger charge is 2.03. The van der Waals surface area contributed by atoms with E-state index in [1.165, 1.54) is 12.5 Å². The van der Waals surface area contributed by atoms with Crippen LogP contribution in [-0.2, 0) is 0 Å². The van der Waals surface area contributed by atoms with Crippen molar-refractivity contribution in [3.8, 4) is 0 Å². The van der Waals surface area contributed by atoms with Gasteiger partial charge in [-0.2, -0.15) is 0 Å². The zero-order chi connectivity index (χ0) is 8.97. The van der Waals surface area contributed by atoms with Crippen molar-refractivity contribution >= 4 is 17.4 Å². The lowest BCUT2D eigenvalue weighted by molar-refractivity contribution is 0.281. The monoisotopic (exact) mass is 187 g/mol. The molecule has 1 unspecified atom stereocenters. The van der Waals surface area contributed by atoms with Crippen molar-refractivity contribution in [3.05, 3.63) is 17.5 Å². The number of aliphatic hydroxyl groups is 1. The average molecular weight is 188 g/mol. The molecule has 2 N–H and O–H groups in total. The van der Waals surface area contributed by atoms with Crippen LogP contribution in [0, 0.1) is 0 Å². The molecule has 0 amide bonds. The summed E-state index contributed by atoms with van der Waals surface area (Å²) in [6.07, 6.45) is 2.90. The molecule has 0 spiro atoms. The SMILES string of the molecule is CC(CO)Nc1ncncc1Cl. The molecule has 0 bridgehead atoms. The Bertz CT molecular complexity index is 256. The molecular formula is C7H10ClN3O. The van der Waals surface area contributed by atoms with E-state index in [0.717, 1.165) is 0 Å². The van der Waals surface area contributed by atoms with Gasteiger partial charge in [-0.25, -0.2) is 9.97 Å². The number of hydrogen-bond donors (Lipinski definition) is 2. The molecule has 1 aromatic heterocycles. The number of rotatable bonds is 3. The molecule has 0 radical (unpaired) electrons. The molecule has 1 rings (SSSR count). The maximum absolute atomic E-state index is 8.74. The Kier molecular flexibility index (Phi) is 3.25. The van der Waals surface area contributed by atoms with Gasteiger partial charge in [0.15, 0.2) is 0 Å². The summed E-state index contributed by atoms with van der Waals surface area (Å²) in [4.78, 5) is 7.63. The van der Waals surface area contributed by atoms with E-state index < -0.39 is 0 Å². The van der Waals surface area contributed by atoms with Crippen molar-refractivity contribution in [2.75, 3.05) is 11.9 Å². The van der Waals surface area contributed by atoms with Gasteiger partial charge in [0, 0.05) is 6.04 Å². The van der Waals surface area contributed by atoms with Gasteiger partial charge in [-0.3, -0.25) is 0 Å². The van der Waals surface area contributed by atoms with E-state index in [4.69, 9.17) is 16.7 Å². The third-order valence-corrected chi connectivity index (χ3v) is 1.60. The minimum absolute atomic E-state index is 0.0420. The molecule has 0 aliphatic carbocycles. The first-order valence-electron chi connectivity index (χ1n) is 3.57. The van der Waals surface area contributed by atoms with Gasteiger partial charge < -0.3 is 10.4 Å². The predicted molar refractivity (Wildman–Crippen MR) is 47.2 cm³/mol. The minimum Gasteiger partial charge on any atom is -0.394 e. The number of halogens is 1. The van der Waals surface area contributed by atoms with Gasteiger partial charge in [0.05, 0.1) is 12.8 Å². The molecule has 1 aromatic rings. The fourth-order valence-electron chi connectivity index (χ4n) is 0.698. The second-order valence-electron chi connectivity index (χ2n) is 2.45. The molecule has 1 heterocycles. The van der Waals surface area contributed by atoms with Crippen molar-refractivity contribution < 1.29 is 5.11 Å². The summed E-state index contributed by atoms with van der Waals surface area (Å²) in [5.41, 5.74) is 0. The van der Waals surface area contributed by atoms with Crippen LogP contribution in [0.3, 0.4) is 0 Å². The summed E-state index contributed by atoms with van der Waals surface area (Å²) >= 11 is 5.76. The van der Waals surface area contributed by atoms with Crippen LogP contribution in [0.15, 0.2) is 12.5 Å². The summed E-state index contributed by atoms with van der Waals surface area (Å²) in [5, 5.41) is 12.1. The van der Waals surface area contributed by atoms with Crippen LogP contribution < -0.4 is 5.32 Å². The predicted octanol–water partition coefficient (Wildman–Crippen LogP) is 0.923. The summed E-state index contributed by atoms with van der Waals surface area (Å²) in [6.45, 7) is 1.87. The maximum Gasteiger partial charge on any atom is 0.148 e. The van der Waals surface area contributed by atoms with E-state index in [1.54, 1.807) is 0 Å². The number of aromatic nitrogens is 2. The van der Waals surface area contributed by atoms with Crippen LogP contribution in [0.25, 0.3) is 0 Å². The molecular weight excluding hydrogens is 178 g/mol. The molecule has 12 heavy (non-hydrogen) atoms. The summed E-state index contributed by atoms with van der Waals surface area (Å²) < 4.78 is 0. The van der Waals surface area contributed by atoms with Crippen molar-refractivity contribution in [2.45, 2.75) is 13.0 Å². The second kappa shape index (κ2) is 4.23. The van der Waals surface area contributed by atoms with E-state index >= 15 is 0 Å². The molecule has 1 atom stereocenters. The van der Waals surface area contributed by atoms with Crippen molar-refractivity contribution in [1.82, 2.24) is 9.97 Å². The Labute approximate surface area is 75.6 Å². The lowest BCUT2D eigenvalue weighted by atomic mass is 10.3. The molecule has 0 saturated carbocycles. The molecule has 5 heteroatoms. The third kappa shape index (κ3) is 2.32. The Morgan fingerprint density at radius 1 is 1.75 bits per heavy atom. The molecule has 0 saturated heterocycles. The van der Waals surface area contributed by atoms with Gasteiger partial charge in [0.1, 0.15) is 17.2 Å². The molecule has 0 aromatic carbocycles. The maximum atomic E-state index is 8.74. The van der Waals surface area contributed by atoms with E-state index in [9.17, 15) is 0 Å². The van der Waals surface area contributed by atoms with Crippen LogP contribution in [0.5, 0.6) is 0 Å². The number of anilines is 1. The first-order valence-corrected chi connectivity index (χ1v) is 3.94. The molecule has 0 aliphatic rings. The topological polar surface area (TPSA) is 58.0 Å². The first kappa shape index (κ1) is 9.22. The van der Waals surface area contributed by atoms with Gasteiger partial charge in [-0.1, -0.05) is 11.6 Å². The molecule has 0 aliphatic heterocycles. The largest absolute Gasteiger partial charge is 0.394 e. The Morgan fingerprint density at radius 2 is 2.50 bits per heavy atom. The van der Waals surface area contributed by atoms with Crippen LogP contribution >= 0.6 is 11.6 Å². The fraction of sp³-hybridized carbons (Fsp3) is 0.429. The Hall–Kier alpha value is -0.870. The summed E-state index contributed by atoms with van der Waals surface area (Å²) in [5.74, 6) is 0.549. The fourth-order valence-corrected chi connectivity index (χ4v) is 0.858. The number of aliphatic hydroxyl groups excluding tert-OH is 1. The van der Waals surface area contributed by atoms with Crippen LogP contribution in [0.1, 0.15) is 6.92 Å². The van der Waals surface area contributed by atoms with E-state index in [1.807, 2.05) is 6.92 Å². The van der Waals surface area contributed by atoms with Crippen LogP contribution in [-0.4, -0.2) is 27.7 Å². The second-order valence-corrected chi connectivity index (χ2v) is 2.85. The zero-order valence-electron chi connectivity index (χ0n) is 6.66. The third-order valence-electron chi connectivity index (χ3n) is 1.32. The quantitative estimate of drug-likeness (QED) is 0.739. The van der Waals surface area contributed by atoms with Gasteiger partial charge >= 0.3 is 0 Å². The lowest BCUT2D eigenvalue weighted by Crippen LogP contribution is -2.20. The van der Waals surface area contributed by atoms with Crippen molar-refractivity contribution in [1.29, 1.82) is 0 Å². The van der Waals surface area contributed by atoms with E-state index in [-0.39, 0.29) is 12.6 Å². The number of hydrogen-bond acceptors (Lipinski definition) is 4.